The quantitative estimate of drug-likeness (QED) is 0.237. The molecule has 0 unspecified atom stereocenters. The highest BCUT2D eigenvalue weighted by Gasteiger charge is 2.12. The number of hydrogen-bond donors (Lipinski definition) is 0. The maximum Gasteiger partial charge on any atom is -0.00926 e. The topological polar surface area (TPSA) is 0 Å². The molecule has 6 aromatic rings. The first-order chi connectivity index (χ1) is 16.5. The summed E-state index contributed by atoms with van der Waals surface area (Å²) >= 11 is 0. The highest BCUT2D eigenvalue weighted by atomic mass is 14.2. The van der Waals surface area contributed by atoms with Crippen LogP contribution in [0.15, 0.2) is 97.1 Å². The van der Waals surface area contributed by atoms with Crippen molar-refractivity contribution in [2.75, 3.05) is 0 Å². The van der Waals surface area contributed by atoms with Crippen LogP contribution in [-0.4, -0.2) is 0 Å². The lowest BCUT2D eigenvalue weighted by Gasteiger charge is -2.14. The molecule has 0 heterocycles. The van der Waals surface area contributed by atoms with Crippen LogP contribution >= 0.6 is 0 Å². The molecular formula is C34H28. The SMILES string of the molecule is Cc1cc(C)cc(-c2ccc3c4ccccc4c4ccc(-c5cc(C)cc(C)c5)cc4c3c2)c1. The highest BCUT2D eigenvalue weighted by Crippen LogP contribution is 2.39. The summed E-state index contributed by atoms with van der Waals surface area (Å²) in [5.74, 6) is 0. The molecule has 0 N–H and O–H groups in total. The van der Waals surface area contributed by atoms with Gasteiger partial charge in [-0.3, -0.25) is 0 Å². The van der Waals surface area contributed by atoms with Gasteiger partial charge in [0.2, 0.25) is 0 Å². The largest absolute Gasteiger partial charge is 0.0616 e. The third-order valence-electron chi connectivity index (χ3n) is 6.95. The van der Waals surface area contributed by atoms with Gasteiger partial charge in [-0.25, -0.2) is 0 Å². The Labute approximate surface area is 201 Å². The van der Waals surface area contributed by atoms with E-state index in [1.165, 1.54) is 76.8 Å². The third-order valence-corrected chi connectivity index (χ3v) is 6.95. The van der Waals surface area contributed by atoms with E-state index in [9.17, 15) is 0 Å². The van der Waals surface area contributed by atoms with E-state index < -0.39 is 0 Å². The van der Waals surface area contributed by atoms with Gasteiger partial charge in [-0.05, 0) is 94.4 Å². The van der Waals surface area contributed by atoms with Crippen LogP contribution in [0, 0.1) is 27.7 Å². The van der Waals surface area contributed by atoms with Crippen LogP contribution < -0.4 is 0 Å². The molecule has 0 aliphatic rings. The molecule has 0 nitrogen and oxygen atoms in total. The third kappa shape index (κ3) is 3.47. The number of benzene rings is 6. The normalized spacial score (nSPS) is 11.5. The van der Waals surface area contributed by atoms with Crippen LogP contribution in [0.3, 0.4) is 0 Å². The molecule has 0 amide bonds. The Hall–Kier alpha value is -3.90. The fraction of sp³-hybridized carbons (Fsp3) is 0.118. The maximum atomic E-state index is 2.39. The van der Waals surface area contributed by atoms with Gasteiger partial charge in [0, 0.05) is 0 Å². The van der Waals surface area contributed by atoms with Crippen LogP contribution in [0.1, 0.15) is 22.3 Å². The van der Waals surface area contributed by atoms with Gasteiger partial charge in [0.05, 0.1) is 0 Å². The lowest BCUT2D eigenvalue weighted by atomic mass is 9.89. The van der Waals surface area contributed by atoms with Crippen molar-refractivity contribution < 1.29 is 0 Å². The number of fused-ring (bicyclic) bond motifs is 6. The van der Waals surface area contributed by atoms with Gasteiger partial charge in [-0.1, -0.05) is 107 Å². The molecule has 0 saturated carbocycles. The Morgan fingerprint density at radius 3 is 1.03 bits per heavy atom. The lowest BCUT2D eigenvalue weighted by molar-refractivity contribution is 1.38. The Morgan fingerprint density at radius 1 is 0.294 bits per heavy atom. The van der Waals surface area contributed by atoms with E-state index in [0.717, 1.165) is 0 Å². The molecule has 0 radical (unpaired) electrons. The van der Waals surface area contributed by atoms with Gasteiger partial charge in [-0.2, -0.15) is 0 Å². The van der Waals surface area contributed by atoms with Crippen molar-refractivity contribution in [3.8, 4) is 22.3 Å². The van der Waals surface area contributed by atoms with E-state index in [4.69, 9.17) is 0 Å². The minimum atomic E-state index is 1.27. The zero-order chi connectivity index (χ0) is 23.4. The van der Waals surface area contributed by atoms with Crippen molar-refractivity contribution >= 4 is 32.3 Å². The van der Waals surface area contributed by atoms with E-state index in [0.29, 0.717) is 0 Å². The van der Waals surface area contributed by atoms with E-state index >= 15 is 0 Å². The van der Waals surface area contributed by atoms with Crippen LogP contribution in [0.25, 0.3) is 54.6 Å². The Bertz CT molecular complexity index is 1560. The molecule has 0 aromatic heterocycles. The molecule has 0 spiro atoms. The summed E-state index contributed by atoms with van der Waals surface area (Å²) in [5, 5.41) is 7.89. The smallest absolute Gasteiger partial charge is 0.00926 e. The van der Waals surface area contributed by atoms with E-state index in [2.05, 4.69) is 125 Å². The summed E-state index contributed by atoms with van der Waals surface area (Å²) in [5.41, 5.74) is 10.3. The van der Waals surface area contributed by atoms with Gasteiger partial charge in [0.1, 0.15) is 0 Å². The van der Waals surface area contributed by atoms with Gasteiger partial charge >= 0.3 is 0 Å². The molecule has 6 aromatic carbocycles. The molecule has 0 saturated heterocycles. The molecule has 0 fully saturated rings. The summed E-state index contributed by atoms with van der Waals surface area (Å²) < 4.78 is 0. The minimum Gasteiger partial charge on any atom is -0.0616 e. The summed E-state index contributed by atoms with van der Waals surface area (Å²) in [4.78, 5) is 0. The molecule has 6 rings (SSSR count). The van der Waals surface area contributed by atoms with Crippen molar-refractivity contribution in [3.05, 3.63) is 119 Å². The number of hydrogen-bond acceptors (Lipinski definition) is 0. The zero-order valence-corrected chi connectivity index (χ0v) is 20.2. The average Bonchev–Trinajstić information content (AvgIpc) is 2.82. The van der Waals surface area contributed by atoms with Crippen molar-refractivity contribution in [2.45, 2.75) is 27.7 Å². The predicted octanol–water partition coefficient (Wildman–Crippen LogP) is 9.71. The molecule has 0 heteroatoms. The molecule has 164 valence electrons. The second kappa shape index (κ2) is 7.85. The molecule has 34 heavy (non-hydrogen) atoms. The Morgan fingerprint density at radius 2 is 0.647 bits per heavy atom. The maximum absolute atomic E-state index is 2.39. The summed E-state index contributed by atoms with van der Waals surface area (Å²) in [7, 11) is 0. The van der Waals surface area contributed by atoms with Crippen molar-refractivity contribution in [3.63, 3.8) is 0 Å². The van der Waals surface area contributed by atoms with E-state index in [1.807, 2.05) is 0 Å². The van der Waals surface area contributed by atoms with Gasteiger partial charge in [0.15, 0.2) is 0 Å². The van der Waals surface area contributed by atoms with Gasteiger partial charge < -0.3 is 0 Å². The van der Waals surface area contributed by atoms with Crippen molar-refractivity contribution in [1.29, 1.82) is 0 Å². The molecule has 0 bridgehead atoms. The van der Waals surface area contributed by atoms with Crippen LogP contribution in [-0.2, 0) is 0 Å². The van der Waals surface area contributed by atoms with Crippen LogP contribution in [0.4, 0.5) is 0 Å². The second-order valence-corrected chi connectivity index (χ2v) is 9.82. The standard InChI is InChI=1S/C34H28/c1-21-13-22(2)16-27(15-21)25-9-11-31-29-7-5-6-8-30(29)32-12-10-26(20-34(32)33(31)19-25)28-17-23(3)14-24(4)18-28/h5-20H,1-4H3. The second-order valence-electron chi connectivity index (χ2n) is 9.82. The number of rotatable bonds is 2. The van der Waals surface area contributed by atoms with Crippen LogP contribution in [0.5, 0.6) is 0 Å². The summed E-state index contributed by atoms with van der Waals surface area (Å²) in [6, 6.07) is 36.4. The Kier molecular flexibility index (Phi) is 4.78. The summed E-state index contributed by atoms with van der Waals surface area (Å²) in [6.45, 7) is 8.71. The average molecular weight is 437 g/mol. The first kappa shape index (κ1) is 20.7. The predicted molar refractivity (Wildman–Crippen MR) is 149 cm³/mol. The number of aryl methyl sites for hydroxylation is 4. The minimum absolute atomic E-state index is 1.27. The van der Waals surface area contributed by atoms with E-state index in [-0.39, 0.29) is 0 Å². The molecular weight excluding hydrogens is 408 g/mol. The fourth-order valence-corrected chi connectivity index (χ4v) is 5.60. The fourth-order valence-electron chi connectivity index (χ4n) is 5.60. The monoisotopic (exact) mass is 436 g/mol. The molecule has 0 aliphatic carbocycles. The highest BCUT2D eigenvalue weighted by molar-refractivity contribution is 6.26. The van der Waals surface area contributed by atoms with Crippen LogP contribution in [0.2, 0.25) is 0 Å². The summed E-state index contributed by atoms with van der Waals surface area (Å²) in [6.07, 6.45) is 0. The van der Waals surface area contributed by atoms with E-state index in [1.54, 1.807) is 0 Å². The zero-order valence-electron chi connectivity index (χ0n) is 20.2. The van der Waals surface area contributed by atoms with Crippen molar-refractivity contribution in [1.82, 2.24) is 0 Å². The lowest BCUT2D eigenvalue weighted by Crippen LogP contribution is -1.88. The molecule has 0 atom stereocenters. The van der Waals surface area contributed by atoms with Gasteiger partial charge in [0.25, 0.3) is 0 Å². The van der Waals surface area contributed by atoms with Gasteiger partial charge in [-0.15, -0.1) is 0 Å². The van der Waals surface area contributed by atoms with Crippen molar-refractivity contribution in [2.24, 2.45) is 0 Å². The molecule has 0 aliphatic heterocycles. The first-order valence-corrected chi connectivity index (χ1v) is 12.0. The first-order valence-electron chi connectivity index (χ1n) is 12.0. The Balaban J connectivity index is 1.70.